The molecule has 0 bridgehead atoms. The summed E-state index contributed by atoms with van der Waals surface area (Å²) in [5, 5.41) is 9.97. The second-order valence-electron chi connectivity index (χ2n) is 7.64. The third-order valence-corrected chi connectivity index (χ3v) is 5.27. The smallest absolute Gasteiger partial charge is 0.246 e. The summed E-state index contributed by atoms with van der Waals surface area (Å²) in [6.07, 6.45) is 4.03. The van der Waals surface area contributed by atoms with E-state index in [1.165, 1.54) is 0 Å². The number of aliphatic hydroxyl groups excluding tert-OH is 1. The van der Waals surface area contributed by atoms with E-state index in [-0.39, 0.29) is 24.0 Å². The van der Waals surface area contributed by atoms with Gasteiger partial charge in [0.25, 0.3) is 0 Å². The number of piperidine rings is 1. The van der Waals surface area contributed by atoms with Crippen molar-refractivity contribution >= 4 is 5.91 Å². The van der Waals surface area contributed by atoms with Crippen molar-refractivity contribution in [1.29, 1.82) is 0 Å². The van der Waals surface area contributed by atoms with Gasteiger partial charge in [0.05, 0.1) is 23.8 Å². The molecule has 1 N–H and O–H groups in total. The highest BCUT2D eigenvalue weighted by molar-refractivity contribution is 5.83. The van der Waals surface area contributed by atoms with Crippen LogP contribution in [0.2, 0.25) is 0 Å². The summed E-state index contributed by atoms with van der Waals surface area (Å²) in [6.45, 7) is 10.6. The predicted octanol–water partition coefficient (Wildman–Crippen LogP) is 1.75. The molecule has 2 atom stereocenters. The molecule has 1 saturated heterocycles. The number of amides is 1. The molecular formula is C18H30N4O2. The maximum absolute atomic E-state index is 13.4. The molecule has 0 saturated carbocycles. The molecular weight excluding hydrogens is 304 g/mol. The van der Waals surface area contributed by atoms with Crippen LogP contribution >= 0.6 is 0 Å². The molecule has 0 spiro atoms. The van der Waals surface area contributed by atoms with Gasteiger partial charge in [0.2, 0.25) is 5.91 Å². The zero-order valence-electron chi connectivity index (χ0n) is 15.3. The second kappa shape index (κ2) is 6.84. The van der Waals surface area contributed by atoms with Crippen molar-refractivity contribution in [2.45, 2.75) is 71.2 Å². The summed E-state index contributed by atoms with van der Waals surface area (Å²) in [6, 6.07) is 0.275. The van der Waals surface area contributed by atoms with Gasteiger partial charge >= 0.3 is 0 Å². The molecule has 3 rings (SSSR count). The quantitative estimate of drug-likeness (QED) is 0.915. The van der Waals surface area contributed by atoms with E-state index in [1.54, 1.807) is 0 Å². The Morgan fingerprint density at radius 2 is 2.00 bits per heavy atom. The fourth-order valence-electron chi connectivity index (χ4n) is 3.98. The fourth-order valence-corrected chi connectivity index (χ4v) is 3.98. The van der Waals surface area contributed by atoms with Crippen LogP contribution < -0.4 is 0 Å². The number of aromatic nitrogens is 2. The van der Waals surface area contributed by atoms with Crippen molar-refractivity contribution in [3.63, 3.8) is 0 Å². The van der Waals surface area contributed by atoms with Gasteiger partial charge in [0, 0.05) is 38.1 Å². The molecule has 6 nitrogen and oxygen atoms in total. The molecule has 134 valence electrons. The number of aliphatic hydroxyl groups is 1. The number of fused-ring (bicyclic) bond motifs is 1. The first-order chi connectivity index (χ1) is 11.4. The molecule has 3 heterocycles. The predicted molar refractivity (Wildman–Crippen MR) is 92.7 cm³/mol. The standard InChI is InChI=1S/C18H30N4O2/c1-12(2)21-9-7-15-16(22(11-19-15)13(3)4)17(21)18(24)20-8-5-6-14(23)10-20/h11-14,17,23H,5-10H2,1-4H3. The van der Waals surface area contributed by atoms with Crippen molar-refractivity contribution in [3.05, 3.63) is 17.7 Å². The second-order valence-corrected chi connectivity index (χ2v) is 7.64. The van der Waals surface area contributed by atoms with E-state index in [2.05, 4.69) is 42.1 Å². The van der Waals surface area contributed by atoms with Gasteiger partial charge in [-0.25, -0.2) is 4.98 Å². The number of imidazole rings is 1. The topological polar surface area (TPSA) is 61.6 Å². The SMILES string of the molecule is CC(C)N1CCc2ncn(C(C)C)c2C1C(=O)N1CCCC(O)C1. The van der Waals surface area contributed by atoms with Crippen LogP contribution in [-0.2, 0) is 11.2 Å². The first-order valence-corrected chi connectivity index (χ1v) is 9.18. The van der Waals surface area contributed by atoms with Gasteiger partial charge < -0.3 is 14.6 Å². The number of carbonyl (C=O) groups excluding carboxylic acids is 1. The third-order valence-electron chi connectivity index (χ3n) is 5.27. The highest BCUT2D eigenvalue weighted by Crippen LogP contribution is 2.34. The van der Waals surface area contributed by atoms with Gasteiger partial charge in [-0.3, -0.25) is 9.69 Å². The van der Waals surface area contributed by atoms with Crippen LogP contribution in [-0.4, -0.2) is 62.1 Å². The normalized spacial score (nSPS) is 25.4. The Hall–Kier alpha value is -1.40. The lowest BCUT2D eigenvalue weighted by Gasteiger charge is -2.42. The Labute approximate surface area is 144 Å². The van der Waals surface area contributed by atoms with Crippen LogP contribution in [0.25, 0.3) is 0 Å². The number of likely N-dealkylation sites (tertiary alicyclic amines) is 1. The Morgan fingerprint density at radius 1 is 1.25 bits per heavy atom. The van der Waals surface area contributed by atoms with Gasteiger partial charge in [-0.15, -0.1) is 0 Å². The number of rotatable bonds is 3. The van der Waals surface area contributed by atoms with E-state index >= 15 is 0 Å². The van der Waals surface area contributed by atoms with Crippen LogP contribution in [0.3, 0.4) is 0 Å². The largest absolute Gasteiger partial charge is 0.391 e. The molecule has 0 aliphatic carbocycles. The molecule has 1 aromatic heterocycles. The maximum atomic E-state index is 13.4. The minimum atomic E-state index is -0.395. The fraction of sp³-hybridized carbons (Fsp3) is 0.778. The van der Waals surface area contributed by atoms with Crippen LogP contribution in [0.1, 0.15) is 64.0 Å². The lowest BCUT2D eigenvalue weighted by molar-refractivity contribution is -0.142. The average molecular weight is 334 g/mol. The third kappa shape index (κ3) is 3.09. The molecule has 0 radical (unpaired) electrons. The molecule has 1 amide bonds. The Morgan fingerprint density at radius 3 is 2.62 bits per heavy atom. The Bertz CT molecular complexity index is 596. The van der Waals surface area contributed by atoms with Crippen molar-refractivity contribution in [1.82, 2.24) is 19.4 Å². The number of hydrogen-bond donors (Lipinski definition) is 1. The number of β-amino-alcohol motifs (C(OH)–C–C–N with tert-alkyl or cyclic N) is 1. The number of carbonyl (C=O) groups is 1. The summed E-state index contributed by atoms with van der Waals surface area (Å²) in [5.74, 6) is 0.116. The molecule has 1 fully saturated rings. The average Bonchev–Trinajstić information content (AvgIpc) is 2.97. The summed E-state index contributed by atoms with van der Waals surface area (Å²) >= 11 is 0. The Balaban J connectivity index is 1.98. The van der Waals surface area contributed by atoms with Crippen LogP contribution in [0.5, 0.6) is 0 Å². The van der Waals surface area contributed by atoms with Crippen molar-refractivity contribution < 1.29 is 9.90 Å². The molecule has 6 heteroatoms. The van der Waals surface area contributed by atoms with Crippen molar-refractivity contribution in [2.24, 2.45) is 0 Å². The Kier molecular flexibility index (Phi) is 4.97. The summed E-state index contributed by atoms with van der Waals surface area (Å²) in [4.78, 5) is 22.1. The first-order valence-electron chi connectivity index (χ1n) is 9.18. The van der Waals surface area contributed by atoms with Crippen LogP contribution in [0, 0.1) is 0 Å². The van der Waals surface area contributed by atoms with Gasteiger partial charge in [0.15, 0.2) is 0 Å². The van der Waals surface area contributed by atoms with Crippen LogP contribution in [0.4, 0.5) is 0 Å². The lowest BCUT2D eigenvalue weighted by atomic mass is 9.97. The number of hydrogen-bond acceptors (Lipinski definition) is 4. The summed E-state index contributed by atoms with van der Waals surface area (Å²) < 4.78 is 2.15. The van der Waals surface area contributed by atoms with Crippen LogP contribution in [0.15, 0.2) is 6.33 Å². The van der Waals surface area contributed by atoms with E-state index in [9.17, 15) is 9.90 Å². The monoisotopic (exact) mass is 334 g/mol. The van der Waals surface area contributed by atoms with Gasteiger partial charge in [-0.05, 0) is 40.5 Å². The van der Waals surface area contributed by atoms with Gasteiger partial charge in [0.1, 0.15) is 6.04 Å². The first kappa shape index (κ1) is 17.4. The molecule has 2 unspecified atom stereocenters. The van der Waals surface area contributed by atoms with E-state index in [0.29, 0.717) is 6.54 Å². The highest BCUT2D eigenvalue weighted by Gasteiger charge is 2.40. The molecule has 1 aromatic rings. The van der Waals surface area contributed by atoms with Crippen molar-refractivity contribution in [3.8, 4) is 0 Å². The van der Waals surface area contributed by atoms with E-state index in [0.717, 1.165) is 43.7 Å². The highest BCUT2D eigenvalue weighted by atomic mass is 16.3. The van der Waals surface area contributed by atoms with Gasteiger partial charge in [-0.2, -0.15) is 0 Å². The minimum absolute atomic E-state index is 0.116. The zero-order chi connectivity index (χ0) is 17.4. The molecule has 2 aliphatic rings. The molecule has 24 heavy (non-hydrogen) atoms. The van der Waals surface area contributed by atoms with Crippen molar-refractivity contribution in [2.75, 3.05) is 19.6 Å². The minimum Gasteiger partial charge on any atom is -0.391 e. The van der Waals surface area contributed by atoms with E-state index in [1.807, 2.05) is 11.2 Å². The number of nitrogens with zero attached hydrogens (tertiary/aromatic N) is 4. The summed E-state index contributed by atoms with van der Waals surface area (Å²) in [5.41, 5.74) is 2.10. The van der Waals surface area contributed by atoms with E-state index in [4.69, 9.17) is 0 Å². The maximum Gasteiger partial charge on any atom is 0.246 e. The molecule has 2 aliphatic heterocycles. The summed E-state index contributed by atoms with van der Waals surface area (Å²) in [7, 11) is 0. The molecule has 0 aromatic carbocycles. The van der Waals surface area contributed by atoms with Gasteiger partial charge in [-0.1, -0.05) is 0 Å². The zero-order valence-corrected chi connectivity index (χ0v) is 15.3. The van der Waals surface area contributed by atoms with E-state index < -0.39 is 6.10 Å². The lowest BCUT2D eigenvalue weighted by Crippen LogP contribution is -2.52.